The topological polar surface area (TPSA) is 80.8 Å². The summed E-state index contributed by atoms with van der Waals surface area (Å²) in [7, 11) is 1.58. The number of pyridine rings is 1. The molecule has 2 amide bonds. The van der Waals surface area contributed by atoms with E-state index in [9.17, 15) is 9.59 Å². The van der Waals surface area contributed by atoms with Crippen LogP contribution in [0.2, 0.25) is 0 Å². The lowest BCUT2D eigenvalue weighted by molar-refractivity contribution is -0.120. The summed E-state index contributed by atoms with van der Waals surface area (Å²) in [6, 6.07) is 12.9. The van der Waals surface area contributed by atoms with Crippen molar-refractivity contribution in [3.05, 3.63) is 58.8 Å². The fourth-order valence-electron chi connectivity index (χ4n) is 3.67. The molecule has 0 unspecified atom stereocenters. The molecule has 33 heavy (non-hydrogen) atoms. The molecule has 7 nitrogen and oxygen atoms in total. The summed E-state index contributed by atoms with van der Waals surface area (Å²) in [5.41, 5.74) is 1.06. The van der Waals surface area contributed by atoms with E-state index in [0.29, 0.717) is 0 Å². The lowest BCUT2D eigenvalue weighted by Gasteiger charge is -2.32. The molecule has 0 aliphatic heterocycles. The van der Waals surface area contributed by atoms with Gasteiger partial charge >= 0.3 is 6.09 Å². The van der Waals surface area contributed by atoms with Crippen LogP contribution in [0.3, 0.4) is 0 Å². The number of nitrogens with zero attached hydrogens (tertiary/aromatic N) is 2. The second kappa shape index (κ2) is 10.7. The van der Waals surface area contributed by atoms with Crippen LogP contribution in [0.1, 0.15) is 45.7 Å². The lowest BCUT2D eigenvalue weighted by Crippen LogP contribution is -2.52. The van der Waals surface area contributed by atoms with E-state index in [1.807, 2.05) is 70.2 Å². The van der Waals surface area contributed by atoms with Gasteiger partial charge < -0.3 is 19.7 Å². The number of amides is 2. The number of nitrogens with one attached hydrogen (secondary N) is 1. The van der Waals surface area contributed by atoms with E-state index in [4.69, 9.17) is 9.47 Å². The number of aromatic nitrogens is 1. The number of rotatable bonds is 8. The Hall–Kier alpha value is -2.45. The van der Waals surface area contributed by atoms with E-state index in [2.05, 4.69) is 26.2 Å². The van der Waals surface area contributed by atoms with Gasteiger partial charge in [0.2, 0.25) is 5.91 Å². The zero-order chi connectivity index (χ0) is 24.2. The number of carbonyl (C=O) groups is 2. The molecule has 8 heteroatoms. The van der Waals surface area contributed by atoms with E-state index < -0.39 is 17.7 Å². The average Bonchev–Trinajstić information content (AvgIpc) is 3.57. The van der Waals surface area contributed by atoms with E-state index in [1.165, 1.54) is 0 Å². The summed E-state index contributed by atoms with van der Waals surface area (Å²) in [6.07, 6.45) is 1.63. The van der Waals surface area contributed by atoms with Crippen molar-refractivity contribution in [2.75, 3.05) is 18.6 Å². The van der Waals surface area contributed by atoms with Gasteiger partial charge in [-0.15, -0.1) is 0 Å². The molecule has 1 aliphatic carbocycles. The van der Waals surface area contributed by atoms with Crippen molar-refractivity contribution < 1.29 is 19.1 Å². The summed E-state index contributed by atoms with van der Waals surface area (Å²) in [6.45, 7) is 7.54. The minimum atomic E-state index is -0.629. The summed E-state index contributed by atoms with van der Waals surface area (Å²) in [5.74, 6) is -0.0374. The Balaban J connectivity index is 1.82. The number of alkyl carbamates (subject to hydrolysis) is 1. The van der Waals surface area contributed by atoms with Gasteiger partial charge in [-0.3, -0.25) is 9.78 Å². The third-order valence-corrected chi connectivity index (χ3v) is 6.13. The fraction of sp³-hybridized carbons (Fsp3) is 0.480. The molecule has 1 saturated carbocycles. The van der Waals surface area contributed by atoms with Crippen LogP contribution in [0.5, 0.6) is 0 Å². The number of hydrogen-bond acceptors (Lipinski definition) is 5. The first-order valence-corrected chi connectivity index (χ1v) is 11.9. The maximum Gasteiger partial charge on any atom is 0.408 e. The van der Waals surface area contributed by atoms with Gasteiger partial charge in [-0.1, -0.05) is 22.0 Å². The molecule has 4 atom stereocenters. The van der Waals surface area contributed by atoms with Gasteiger partial charge in [0.25, 0.3) is 0 Å². The Morgan fingerprint density at radius 1 is 1.21 bits per heavy atom. The molecule has 1 aromatic heterocycles. The van der Waals surface area contributed by atoms with Gasteiger partial charge in [-0.05, 0) is 70.5 Å². The monoisotopic (exact) mass is 517 g/mol. The van der Waals surface area contributed by atoms with E-state index in [-0.39, 0.29) is 30.4 Å². The van der Waals surface area contributed by atoms with Crippen LogP contribution in [0.4, 0.5) is 10.5 Å². The summed E-state index contributed by atoms with van der Waals surface area (Å²) in [5, 5.41) is 2.89. The second-order valence-electron chi connectivity index (χ2n) is 9.32. The number of carbonyl (C=O) groups excluding carboxylic acids is 2. The number of hydrogen-bond donors (Lipinski definition) is 1. The van der Waals surface area contributed by atoms with Crippen LogP contribution in [-0.2, 0) is 14.3 Å². The molecular formula is C25H32BrN3O4. The van der Waals surface area contributed by atoms with Crippen LogP contribution in [0.25, 0.3) is 0 Å². The highest BCUT2D eigenvalue weighted by Gasteiger charge is 2.47. The highest BCUT2D eigenvalue weighted by Crippen LogP contribution is 2.48. The fourth-order valence-corrected chi connectivity index (χ4v) is 3.93. The average molecular weight is 518 g/mol. The van der Waals surface area contributed by atoms with Crippen LogP contribution >= 0.6 is 15.9 Å². The van der Waals surface area contributed by atoms with Gasteiger partial charge in [0, 0.05) is 47.5 Å². The molecule has 1 heterocycles. The van der Waals surface area contributed by atoms with Crippen LogP contribution < -0.4 is 10.2 Å². The number of anilines is 1. The Labute approximate surface area is 204 Å². The number of ether oxygens (including phenoxy) is 2. The summed E-state index contributed by atoms with van der Waals surface area (Å²) < 4.78 is 11.9. The first-order chi connectivity index (χ1) is 15.6. The third kappa shape index (κ3) is 7.01. The first kappa shape index (κ1) is 25.2. The smallest absolute Gasteiger partial charge is 0.408 e. The Kier molecular flexibility index (Phi) is 8.13. The van der Waals surface area contributed by atoms with Gasteiger partial charge in [0.15, 0.2) is 0 Å². The molecule has 0 bridgehead atoms. The Morgan fingerprint density at radius 2 is 1.91 bits per heavy atom. The zero-order valence-electron chi connectivity index (χ0n) is 19.7. The molecule has 2 aromatic rings. The van der Waals surface area contributed by atoms with Gasteiger partial charge in [-0.25, -0.2) is 4.79 Å². The molecule has 1 fully saturated rings. The van der Waals surface area contributed by atoms with E-state index >= 15 is 0 Å². The zero-order valence-corrected chi connectivity index (χ0v) is 21.3. The van der Waals surface area contributed by atoms with Crippen molar-refractivity contribution in [3.8, 4) is 0 Å². The number of benzene rings is 1. The minimum absolute atomic E-state index is 0.00673. The van der Waals surface area contributed by atoms with Gasteiger partial charge in [0.1, 0.15) is 5.60 Å². The molecule has 1 N–H and O–H groups in total. The van der Waals surface area contributed by atoms with Crippen LogP contribution in [-0.4, -0.2) is 48.4 Å². The molecule has 0 saturated heterocycles. The van der Waals surface area contributed by atoms with Crippen molar-refractivity contribution in [1.29, 1.82) is 0 Å². The highest BCUT2D eigenvalue weighted by molar-refractivity contribution is 9.10. The minimum Gasteiger partial charge on any atom is -0.444 e. The lowest BCUT2D eigenvalue weighted by atomic mass is 10.1. The molecule has 178 valence electrons. The predicted octanol–water partition coefficient (Wildman–Crippen LogP) is 4.91. The van der Waals surface area contributed by atoms with Crippen LogP contribution in [0, 0.1) is 5.92 Å². The number of halogens is 1. The van der Waals surface area contributed by atoms with Crippen molar-refractivity contribution in [2.24, 2.45) is 5.92 Å². The van der Waals surface area contributed by atoms with Crippen molar-refractivity contribution >= 4 is 33.6 Å². The Bertz CT molecular complexity index is 946. The van der Waals surface area contributed by atoms with Crippen molar-refractivity contribution in [3.63, 3.8) is 0 Å². The molecule has 3 rings (SSSR count). The van der Waals surface area contributed by atoms with Gasteiger partial charge in [0.05, 0.1) is 12.1 Å². The standard InChI is InChI=1S/C25H32BrN3O4/c1-16(32-5)22(28-24(31)33-25(2,3)4)15-29(18-11-9-17(26)10-12-18)23(30)20-14-19(20)21-8-6-7-13-27-21/h6-13,16,19-20,22H,14-15H2,1-5H3,(H,28,31)/t16-,19-,20-,22-/m1/s1. The number of methoxy groups -OCH3 is 1. The normalized spacial score (nSPS) is 19.3. The van der Waals surface area contributed by atoms with E-state index in [1.54, 1.807) is 18.2 Å². The maximum absolute atomic E-state index is 13.6. The first-order valence-electron chi connectivity index (χ1n) is 11.1. The highest BCUT2D eigenvalue weighted by atomic mass is 79.9. The summed E-state index contributed by atoms with van der Waals surface area (Å²) >= 11 is 3.45. The van der Waals surface area contributed by atoms with Crippen LogP contribution in [0.15, 0.2) is 53.1 Å². The molecule has 0 radical (unpaired) electrons. The molecule has 0 spiro atoms. The maximum atomic E-state index is 13.6. The Morgan fingerprint density at radius 3 is 2.48 bits per heavy atom. The SMILES string of the molecule is CO[C@H](C)[C@@H](CN(C(=O)[C@@H]1C[C@H]1c1ccccn1)c1ccc(Br)cc1)NC(=O)OC(C)(C)C. The quantitative estimate of drug-likeness (QED) is 0.537. The second-order valence-corrected chi connectivity index (χ2v) is 10.2. The summed E-state index contributed by atoms with van der Waals surface area (Å²) in [4.78, 5) is 32.3. The largest absolute Gasteiger partial charge is 0.444 e. The molecule has 1 aliphatic rings. The van der Waals surface area contributed by atoms with Crippen molar-refractivity contribution in [1.82, 2.24) is 10.3 Å². The van der Waals surface area contributed by atoms with Crippen molar-refractivity contribution in [2.45, 2.75) is 57.8 Å². The van der Waals surface area contributed by atoms with Gasteiger partial charge in [-0.2, -0.15) is 0 Å². The third-order valence-electron chi connectivity index (χ3n) is 5.60. The molecule has 1 aromatic carbocycles. The van der Waals surface area contributed by atoms with E-state index in [0.717, 1.165) is 22.3 Å². The predicted molar refractivity (Wildman–Crippen MR) is 131 cm³/mol. The molecular weight excluding hydrogens is 486 g/mol.